The first-order valence-corrected chi connectivity index (χ1v) is 9.40. The molecule has 1 amide bonds. The predicted molar refractivity (Wildman–Crippen MR) is 104 cm³/mol. The van der Waals surface area contributed by atoms with Crippen molar-refractivity contribution in [2.24, 2.45) is 5.92 Å². The van der Waals surface area contributed by atoms with Crippen LogP contribution in [0.3, 0.4) is 0 Å². The summed E-state index contributed by atoms with van der Waals surface area (Å²) in [6.45, 7) is 0.657. The molecule has 2 heterocycles. The number of amides is 1. The molecule has 1 N–H and O–H groups in total. The Bertz CT molecular complexity index is 938. The van der Waals surface area contributed by atoms with Crippen LogP contribution in [0.5, 0.6) is 5.75 Å². The normalized spacial score (nSPS) is 14.8. The molecule has 1 saturated carbocycles. The Morgan fingerprint density at radius 2 is 1.85 bits per heavy atom. The van der Waals surface area contributed by atoms with E-state index in [0.29, 0.717) is 29.6 Å². The number of aromatic nitrogens is 3. The maximum absolute atomic E-state index is 12.6. The van der Waals surface area contributed by atoms with Crippen LogP contribution in [0, 0.1) is 5.92 Å². The average molecular weight is 362 g/mol. The van der Waals surface area contributed by atoms with Gasteiger partial charge < -0.3 is 10.1 Å². The van der Waals surface area contributed by atoms with Gasteiger partial charge in [0.25, 0.3) is 5.91 Å². The van der Waals surface area contributed by atoms with E-state index in [-0.39, 0.29) is 11.6 Å². The SMILES string of the molecule is O=C(Nc1ncccc1OCC1CCCCC1)c1cnc2ccccc2n1. The number of anilines is 1. The lowest BCUT2D eigenvalue weighted by atomic mass is 9.90. The molecule has 0 bridgehead atoms. The van der Waals surface area contributed by atoms with Gasteiger partial charge in [-0.15, -0.1) is 0 Å². The third kappa shape index (κ3) is 4.22. The topological polar surface area (TPSA) is 77.0 Å². The van der Waals surface area contributed by atoms with Gasteiger partial charge in [0.1, 0.15) is 5.69 Å². The summed E-state index contributed by atoms with van der Waals surface area (Å²) < 4.78 is 5.97. The van der Waals surface area contributed by atoms with E-state index in [4.69, 9.17) is 4.74 Å². The van der Waals surface area contributed by atoms with Crippen LogP contribution in [0.15, 0.2) is 48.8 Å². The highest BCUT2D eigenvalue weighted by molar-refractivity contribution is 6.03. The van der Waals surface area contributed by atoms with E-state index in [2.05, 4.69) is 20.3 Å². The molecule has 0 saturated heterocycles. The lowest BCUT2D eigenvalue weighted by Gasteiger charge is -2.22. The lowest BCUT2D eigenvalue weighted by Crippen LogP contribution is -2.18. The van der Waals surface area contributed by atoms with Crippen molar-refractivity contribution in [3.8, 4) is 5.75 Å². The van der Waals surface area contributed by atoms with Crippen molar-refractivity contribution >= 4 is 22.8 Å². The van der Waals surface area contributed by atoms with E-state index in [9.17, 15) is 4.79 Å². The number of pyridine rings is 1. The molecule has 1 aromatic carbocycles. The van der Waals surface area contributed by atoms with Crippen LogP contribution in [0.1, 0.15) is 42.6 Å². The van der Waals surface area contributed by atoms with Crippen LogP contribution in [0.2, 0.25) is 0 Å². The molecule has 3 aromatic rings. The summed E-state index contributed by atoms with van der Waals surface area (Å²) in [6, 6.07) is 11.1. The Balaban J connectivity index is 1.47. The molecule has 4 rings (SSSR count). The summed E-state index contributed by atoms with van der Waals surface area (Å²) in [5.41, 5.74) is 1.68. The van der Waals surface area contributed by atoms with Gasteiger partial charge in [0.05, 0.1) is 23.8 Å². The average Bonchev–Trinajstić information content (AvgIpc) is 2.73. The second kappa shape index (κ2) is 8.12. The molecule has 2 aromatic heterocycles. The maximum Gasteiger partial charge on any atom is 0.277 e. The maximum atomic E-state index is 12.6. The molecule has 138 valence electrons. The monoisotopic (exact) mass is 362 g/mol. The molecule has 27 heavy (non-hydrogen) atoms. The smallest absolute Gasteiger partial charge is 0.277 e. The zero-order chi connectivity index (χ0) is 18.5. The number of carbonyl (C=O) groups is 1. The molecule has 0 aliphatic heterocycles. The number of para-hydroxylation sites is 2. The summed E-state index contributed by atoms with van der Waals surface area (Å²) in [5, 5.41) is 2.80. The van der Waals surface area contributed by atoms with E-state index < -0.39 is 0 Å². The molecule has 1 fully saturated rings. The van der Waals surface area contributed by atoms with E-state index >= 15 is 0 Å². The van der Waals surface area contributed by atoms with Gasteiger partial charge >= 0.3 is 0 Å². The minimum atomic E-state index is -0.352. The summed E-state index contributed by atoms with van der Waals surface area (Å²) in [5.74, 6) is 1.22. The van der Waals surface area contributed by atoms with Gasteiger partial charge in [-0.25, -0.2) is 9.97 Å². The summed E-state index contributed by atoms with van der Waals surface area (Å²) >= 11 is 0. The number of nitrogens with zero attached hydrogens (tertiary/aromatic N) is 3. The molecule has 0 atom stereocenters. The Hall–Kier alpha value is -3.02. The zero-order valence-corrected chi connectivity index (χ0v) is 15.1. The largest absolute Gasteiger partial charge is 0.489 e. The van der Waals surface area contributed by atoms with Crippen molar-refractivity contribution in [1.29, 1.82) is 0 Å². The number of fused-ring (bicyclic) bond motifs is 1. The summed E-state index contributed by atoms with van der Waals surface area (Å²) in [4.78, 5) is 25.5. The first kappa shape index (κ1) is 17.4. The first-order valence-electron chi connectivity index (χ1n) is 9.40. The Labute approximate surface area is 158 Å². The van der Waals surface area contributed by atoms with Crippen LogP contribution in [0.25, 0.3) is 11.0 Å². The third-order valence-electron chi connectivity index (χ3n) is 4.88. The number of carbonyl (C=O) groups excluding carboxylic acids is 1. The highest BCUT2D eigenvalue weighted by Gasteiger charge is 2.17. The number of hydrogen-bond acceptors (Lipinski definition) is 5. The van der Waals surface area contributed by atoms with Crippen LogP contribution in [-0.4, -0.2) is 27.5 Å². The van der Waals surface area contributed by atoms with E-state index in [1.807, 2.05) is 36.4 Å². The highest BCUT2D eigenvalue weighted by atomic mass is 16.5. The molecule has 6 heteroatoms. The third-order valence-corrected chi connectivity index (χ3v) is 4.88. The van der Waals surface area contributed by atoms with Gasteiger partial charge in [0, 0.05) is 6.20 Å². The zero-order valence-electron chi connectivity index (χ0n) is 15.1. The van der Waals surface area contributed by atoms with Crippen LogP contribution in [0.4, 0.5) is 5.82 Å². The van der Waals surface area contributed by atoms with Crippen molar-refractivity contribution in [1.82, 2.24) is 15.0 Å². The highest BCUT2D eigenvalue weighted by Crippen LogP contribution is 2.27. The number of nitrogens with one attached hydrogen (secondary N) is 1. The molecule has 1 aliphatic carbocycles. The van der Waals surface area contributed by atoms with Crippen molar-refractivity contribution in [2.45, 2.75) is 32.1 Å². The van der Waals surface area contributed by atoms with Crippen molar-refractivity contribution < 1.29 is 9.53 Å². The minimum absolute atomic E-state index is 0.248. The lowest BCUT2D eigenvalue weighted by molar-refractivity contribution is 0.102. The molecule has 0 unspecified atom stereocenters. The Morgan fingerprint density at radius 3 is 2.70 bits per heavy atom. The van der Waals surface area contributed by atoms with E-state index in [0.717, 1.165) is 5.52 Å². The van der Waals surface area contributed by atoms with E-state index in [1.54, 1.807) is 6.20 Å². The number of benzene rings is 1. The first-order chi connectivity index (χ1) is 13.3. The molecule has 0 radical (unpaired) electrons. The van der Waals surface area contributed by atoms with Gasteiger partial charge in [-0.1, -0.05) is 31.4 Å². The number of ether oxygens (including phenoxy) is 1. The molecular weight excluding hydrogens is 340 g/mol. The molecular formula is C21H22N4O2. The Kier molecular flexibility index (Phi) is 5.23. The quantitative estimate of drug-likeness (QED) is 0.735. The molecule has 6 nitrogen and oxygen atoms in total. The van der Waals surface area contributed by atoms with Crippen LogP contribution < -0.4 is 10.1 Å². The number of rotatable bonds is 5. The van der Waals surface area contributed by atoms with Crippen LogP contribution in [-0.2, 0) is 0 Å². The predicted octanol–water partition coefficient (Wildman–Crippen LogP) is 4.24. The standard InChI is InChI=1S/C21H22N4O2/c26-21(18-13-23-16-9-4-5-10-17(16)24-18)25-20-19(11-6-12-22-20)27-14-15-7-2-1-3-8-15/h4-6,9-13,15H,1-3,7-8,14H2,(H,22,25,26). The molecule has 0 spiro atoms. The fourth-order valence-corrected chi connectivity index (χ4v) is 3.40. The van der Waals surface area contributed by atoms with Gasteiger partial charge in [0.2, 0.25) is 0 Å². The summed E-state index contributed by atoms with van der Waals surface area (Å²) in [7, 11) is 0. The fourth-order valence-electron chi connectivity index (χ4n) is 3.40. The Morgan fingerprint density at radius 1 is 1.04 bits per heavy atom. The van der Waals surface area contributed by atoms with Crippen molar-refractivity contribution in [2.75, 3.05) is 11.9 Å². The molecule has 1 aliphatic rings. The van der Waals surface area contributed by atoms with Crippen molar-refractivity contribution in [3.63, 3.8) is 0 Å². The van der Waals surface area contributed by atoms with Gasteiger partial charge in [-0.05, 0) is 43.0 Å². The second-order valence-electron chi connectivity index (χ2n) is 6.86. The van der Waals surface area contributed by atoms with E-state index in [1.165, 1.54) is 38.3 Å². The second-order valence-corrected chi connectivity index (χ2v) is 6.86. The minimum Gasteiger partial charge on any atom is -0.489 e. The van der Waals surface area contributed by atoms with Crippen LogP contribution >= 0.6 is 0 Å². The van der Waals surface area contributed by atoms with Gasteiger partial charge in [0.15, 0.2) is 11.6 Å². The van der Waals surface area contributed by atoms with Gasteiger partial charge in [-0.2, -0.15) is 0 Å². The summed E-state index contributed by atoms with van der Waals surface area (Å²) in [6.07, 6.45) is 9.37. The fraction of sp³-hybridized carbons (Fsp3) is 0.333. The van der Waals surface area contributed by atoms with Gasteiger partial charge in [-0.3, -0.25) is 9.78 Å². The number of hydrogen-bond donors (Lipinski definition) is 1. The van der Waals surface area contributed by atoms with Crippen molar-refractivity contribution in [3.05, 3.63) is 54.5 Å².